The maximum Gasteiger partial charge on any atom is 0.248 e. The molecule has 2 amide bonds. The highest BCUT2D eigenvalue weighted by Crippen LogP contribution is 2.27. The largest absolute Gasteiger partial charge is 0.366 e. The Balaban J connectivity index is 1.49. The smallest absolute Gasteiger partial charge is 0.248 e. The number of imidazole rings is 1. The number of amides is 2. The van der Waals surface area contributed by atoms with Crippen LogP contribution in [0.5, 0.6) is 0 Å². The average molecular weight is 382 g/mol. The van der Waals surface area contributed by atoms with Crippen LogP contribution >= 0.6 is 22.7 Å². The molecule has 0 spiro atoms. The SMILES string of the molecule is NC(=O)c1ccc(NC(=O)Cc2csc3nc(-c4cccs4)cn23)cc1. The molecule has 0 atom stereocenters. The number of thiophene rings is 1. The van der Waals surface area contributed by atoms with Gasteiger partial charge in [-0.1, -0.05) is 6.07 Å². The highest BCUT2D eigenvalue weighted by Gasteiger charge is 2.13. The normalized spacial score (nSPS) is 10.9. The zero-order valence-electron chi connectivity index (χ0n) is 13.5. The Morgan fingerprint density at radius 1 is 1.15 bits per heavy atom. The summed E-state index contributed by atoms with van der Waals surface area (Å²) < 4.78 is 1.95. The molecule has 4 aromatic rings. The number of carbonyl (C=O) groups excluding carboxylic acids is 2. The van der Waals surface area contributed by atoms with E-state index in [1.807, 2.05) is 33.5 Å². The van der Waals surface area contributed by atoms with Gasteiger partial charge >= 0.3 is 0 Å². The number of rotatable bonds is 5. The third-order valence-electron chi connectivity index (χ3n) is 3.85. The van der Waals surface area contributed by atoms with Gasteiger partial charge in [-0.05, 0) is 35.7 Å². The first-order valence-electron chi connectivity index (χ1n) is 7.79. The lowest BCUT2D eigenvalue weighted by molar-refractivity contribution is -0.115. The predicted octanol–water partition coefficient (Wildman–Crippen LogP) is 3.40. The molecular weight excluding hydrogens is 368 g/mol. The molecule has 0 aliphatic heterocycles. The van der Waals surface area contributed by atoms with Gasteiger partial charge in [-0.2, -0.15) is 0 Å². The molecule has 130 valence electrons. The second-order valence-corrected chi connectivity index (χ2v) is 7.43. The standard InChI is InChI=1S/C18H14N4O2S2/c19-17(24)11-3-5-12(6-4-11)20-16(23)8-13-10-26-18-21-14(9-22(13)18)15-2-1-7-25-15/h1-7,9-10H,8H2,(H2,19,24)(H,20,23). The minimum absolute atomic E-state index is 0.136. The molecule has 4 rings (SSSR count). The summed E-state index contributed by atoms with van der Waals surface area (Å²) in [6, 6.07) is 10.5. The van der Waals surface area contributed by atoms with E-state index in [1.165, 1.54) is 11.3 Å². The molecule has 0 radical (unpaired) electrons. The number of thiazole rings is 1. The summed E-state index contributed by atoms with van der Waals surface area (Å²) in [7, 11) is 0. The summed E-state index contributed by atoms with van der Waals surface area (Å²) in [6.45, 7) is 0. The summed E-state index contributed by atoms with van der Waals surface area (Å²) in [4.78, 5) is 30.0. The van der Waals surface area contributed by atoms with E-state index < -0.39 is 5.91 Å². The molecule has 0 fully saturated rings. The molecule has 0 saturated heterocycles. The fourth-order valence-corrected chi connectivity index (χ4v) is 4.14. The lowest BCUT2D eigenvalue weighted by Gasteiger charge is -2.05. The minimum atomic E-state index is -0.495. The monoisotopic (exact) mass is 382 g/mol. The van der Waals surface area contributed by atoms with E-state index in [4.69, 9.17) is 5.73 Å². The molecule has 0 bridgehead atoms. The number of nitrogens with one attached hydrogen (secondary N) is 1. The number of nitrogens with two attached hydrogens (primary N) is 1. The zero-order chi connectivity index (χ0) is 18.1. The van der Waals surface area contributed by atoms with Gasteiger partial charge in [0, 0.05) is 28.5 Å². The third kappa shape index (κ3) is 3.24. The number of hydrogen-bond acceptors (Lipinski definition) is 5. The second kappa shape index (κ2) is 6.74. The van der Waals surface area contributed by atoms with E-state index >= 15 is 0 Å². The molecule has 3 heterocycles. The van der Waals surface area contributed by atoms with E-state index in [-0.39, 0.29) is 12.3 Å². The number of aromatic nitrogens is 2. The lowest BCUT2D eigenvalue weighted by atomic mass is 10.2. The van der Waals surface area contributed by atoms with E-state index in [2.05, 4.69) is 10.3 Å². The average Bonchev–Trinajstić information content (AvgIpc) is 3.33. The van der Waals surface area contributed by atoms with Crippen LogP contribution in [0.2, 0.25) is 0 Å². The first-order chi connectivity index (χ1) is 12.6. The van der Waals surface area contributed by atoms with Crippen molar-refractivity contribution in [2.45, 2.75) is 6.42 Å². The maximum atomic E-state index is 12.3. The number of primary amides is 1. The summed E-state index contributed by atoms with van der Waals surface area (Å²) in [5, 5.41) is 6.78. The Morgan fingerprint density at radius 3 is 2.65 bits per heavy atom. The Morgan fingerprint density at radius 2 is 1.96 bits per heavy atom. The first-order valence-corrected chi connectivity index (χ1v) is 9.55. The van der Waals surface area contributed by atoms with Crippen molar-refractivity contribution < 1.29 is 9.59 Å². The Bertz CT molecular complexity index is 1080. The van der Waals surface area contributed by atoms with E-state index in [9.17, 15) is 9.59 Å². The summed E-state index contributed by atoms with van der Waals surface area (Å²) >= 11 is 3.15. The van der Waals surface area contributed by atoms with Crippen molar-refractivity contribution in [3.8, 4) is 10.6 Å². The molecule has 0 saturated carbocycles. The van der Waals surface area contributed by atoms with Gasteiger partial charge in [0.25, 0.3) is 0 Å². The van der Waals surface area contributed by atoms with Crippen LogP contribution in [-0.2, 0) is 11.2 Å². The Hall–Kier alpha value is -2.97. The van der Waals surface area contributed by atoms with Crippen LogP contribution < -0.4 is 11.1 Å². The molecule has 1 aromatic carbocycles. The predicted molar refractivity (Wildman–Crippen MR) is 104 cm³/mol. The van der Waals surface area contributed by atoms with Crippen LogP contribution in [0.1, 0.15) is 16.1 Å². The molecular formula is C18H14N4O2S2. The molecule has 8 heteroatoms. The van der Waals surface area contributed by atoms with Crippen LogP contribution in [0.25, 0.3) is 15.5 Å². The van der Waals surface area contributed by atoms with Crippen LogP contribution in [0.15, 0.2) is 53.4 Å². The van der Waals surface area contributed by atoms with E-state index in [0.717, 1.165) is 21.2 Å². The van der Waals surface area contributed by atoms with Crippen molar-refractivity contribution in [2.75, 3.05) is 5.32 Å². The van der Waals surface area contributed by atoms with E-state index in [0.29, 0.717) is 11.3 Å². The van der Waals surface area contributed by atoms with Crippen molar-refractivity contribution >= 4 is 45.1 Å². The van der Waals surface area contributed by atoms with Crippen LogP contribution in [0, 0.1) is 0 Å². The number of anilines is 1. The van der Waals surface area contributed by atoms with Crippen LogP contribution in [0.4, 0.5) is 5.69 Å². The van der Waals surface area contributed by atoms with Gasteiger partial charge in [0.05, 0.1) is 11.3 Å². The molecule has 3 aromatic heterocycles. The fourth-order valence-electron chi connectivity index (χ4n) is 2.59. The highest BCUT2D eigenvalue weighted by atomic mass is 32.1. The van der Waals surface area contributed by atoms with Crippen LogP contribution in [-0.4, -0.2) is 21.2 Å². The topological polar surface area (TPSA) is 89.5 Å². The molecule has 0 aliphatic carbocycles. The number of hydrogen-bond donors (Lipinski definition) is 2. The number of nitrogens with zero attached hydrogens (tertiary/aromatic N) is 2. The fraction of sp³-hybridized carbons (Fsp3) is 0.0556. The number of benzene rings is 1. The second-order valence-electron chi connectivity index (χ2n) is 5.65. The van der Waals surface area contributed by atoms with Gasteiger partial charge in [-0.15, -0.1) is 22.7 Å². The quantitative estimate of drug-likeness (QED) is 0.554. The van der Waals surface area contributed by atoms with Gasteiger partial charge in [-0.25, -0.2) is 4.98 Å². The van der Waals surface area contributed by atoms with Crippen molar-refractivity contribution in [3.05, 3.63) is 64.6 Å². The minimum Gasteiger partial charge on any atom is -0.366 e. The molecule has 0 aliphatic rings. The molecule has 0 unspecified atom stereocenters. The van der Waals surface area contributed by atoms with Crippen molar-refractivity contribution in [1.29, 1.82) is 0 Å². The molecule has 3 N–H and O–H groups in total. The van der Waals surface area contributed by atoms with Crippen LogP contribution in [0.3, 0.4) is 0 Å². The summed E-state index contributed by atoms with van der Waals surface area (Å²) in [5.41, 5.74) is 8.03. The lowest BCUT2D eigenvalue weighted by Crippen LogP contribution is -2.16. The van der Waals surface area contributed by atoms with Gasteiger partial charge in [0.2, 0.25) is 11.8 Å². The van der Waals surface area contributed by atoms with Gasteiger partial charge in [-0.3, -0.25) is 14.0 Å². The molecule has 26 heavy (non-hydrogen) atoms. The highest BCUT2D eigenvalue weighted by molar-refractivity contribution is 7.15. The summed E-state index contributed by atoms with van der Waals surface area (Å²) in [5.74, 6) is -0.631. The van der Waals surface area contributed by atoms with Crippen molar-refractivity contribution in [3.63, 3.8) is 0 Å². The molecule has 6 nitrogen and oxygen atoms in total. The van der Waals surface area contributed by atoms with Gasteiger partial charge in [0.1, 0.15) is 5.69 Å². The maximum absolute atomic E-state index is 12.3. The third-order valence-corrected chi connectivity index (χ3v) is 5.63. The summed E-state index contributed by atoms with van der Waals surface area (Å²) in [6.07, 6.45) is 2.19. The van der Waals surface area contributed by atoms with Crippen molar-refractivity contribution in [1.82, 2.24) is 9.38 Å². The number of carbonyl (C=O) groups is 2. The van der Waals surface area contributed by atoms with Crippen molar-refractivity contribution in [2.24, 2.45) is 5.73 Å². The van der Waals surface area contributed by atoms with Gasteiger partial charge < -0.3 is 11.1 Å². The Kier molecular flexibility index (Phi) is 4.27. The number of fused-ring (bicyclic) bond motifs is 1. The zero-order valence-corrected chi connectivity index (χ0v) is 15.1. The first kappa shape index (κ1) is 16.5. The van der Waals surface area contributed by atoms with Gasteiger partial charge in [0.15, 0.2) is 4.96 Å². The van der Waals surface area contributed by atoms with E-state index in [1.54, 1.807) is 35.6 Å². The Labute approximate surface area is 156 Å².